The summed E-state index contributed by atoms with van der Waals surface area (Å²) in [6, 6.07) is 6.54. The van der Waals surface area contributed by atoms with Crippen LogP contribution in [0.4, 0.5) is 0 Å². The highest BCUT2D eigenvalue weighted by molar-refractivity contribution is 6.16. The summed E-state index contributed by atoms with van der Waals surface area (Å²) in [7, 11) is 0. The number of nitrogens with one attached hydrogen (secondary N) is 2. The van der Waals surface area contributed by atoms with Gasteiger partial charge in [0, 0.05) is 52.9 Å². The lowest BCUT2D eigenvalue weighted by Gasteiger charge is -2.13. The molecule has 3 heterocycles. The van der Waals surface area contributed by atoms with Crippen molar-refractivity contribution in [3.05, 3.63) is 73.6 Å². The van der Waals surface area contributed by atoms with Crippen LogP contribution in [-0.2, 0) is 0 Å². The zero-order chi connectivity index (χ0) is 18.6. The Hall–Kier alpha value is -3.21. The Kier molecular flexibility index (Phi) is 4.83. The minimum absolute atomic E-state index is 0.481. The SMILES string of the molecule is C=C/C(=N\C(=C)NC1CCCC1)c1c[nH]c2ncc(-c3cccnc3)cc12. The number of nitrogens with zero attached hydrogens (tertiary/aromatic N) is 3. The Morgan fingerprint density at radius 2 is 2.11 bits per heavy atom. The van der Waals surface area contributed by atoms with Gasteiger partial charge in [-0.1, -0.05) is 32.1 Å². The third kappa shape index (κ3) is 3.67. The molecule has 0 aromatic carbocycles. The van der Waals surface area contributed by atoms with Gasteiger partial charge in [-0.2, -0.15) is 0 Å². The molecule has 0 radical (unpaired) electrons. The first kappa shape index (κ1) is 17.2. The van der Waals surface area contributed by atoms with Gasteiger partial charge in [0.1, 0.15) is 11.5 Å². The van der Waals surface area contributed by atoms with E-state index >= 15 is 0 Å². The van der Waals surface area contributed by atoms with Crippen molar-refractivity contribution in [2.24, 2.45) is 4.99 Å². The number of allylic oxidation sites excluding steroid dienone is 1. The smallest absolute Gasteiger partial charge is 0.137 e. The fourth-order valence-corrected chi connectivity index (χ4v) is 3.61. The Bertz CT molecular complexity index is 994. The van der Waals surface area contributed by atoms with Crippen molar-refractivity contribution in [1.29, 1.82) is 0 Å². The number of aromatic amines is 1. The van der Waals surface area contributed by atoms with E-state index in [1.54, 1.807) is 12.3 Å². The molecule has 1 aliphatic rings. The zero-order valence-corrected chi connectivity index (χ0v) is 15.3. The molecule has 5 nitrogen and oxygen atoms in total. The van der Waals surface area contributed by atoms with Crippen molar-refractivity contribution >= 4 is 16.7 Å². The summed E-state index contributed by atoms with van der Waals surface area (Å²) < 4.78 is 0. The fourth-order valence-electron chi connectivity index (χ4n) is 3.61. The largest absolute Gasteiger partial charge is 0.368 e. The summed E-state index contributed by atoms with van der Waals surface area (Å²) in [5.74, 6) is 0.683. The number of aliphatic imine (C=N–C) groups is 1. The lowest BCUT2D eigenvalue weighted by molar-refractivity contribution is 0.582. The highest BCUT2D eigenvalue weighted by Crippen LogP contribution is 2.25. The van der Waals surface area contributed by atoms with Gasteiger partial charge in [0.15, 0.2) is 0 Å². The van der Waals surface area contributed by atoms with E-state index < -0.39 is 0 Å². The monoisotopic (exact) mass is 357 g/mol. The molecule has 2 N–H and O–H groups in total. The van der Waals surface area contributed by atoms with Crippen molar-refractivity contribution < 1.29 is 0 Å². The maximum Gasteiger partial charge on any atom is 0.137 e. The Morgan fingerprint density at radius 3 is 2.85 bits per heavy atom. The molecule has 136 valence electrons. The molecule has 0 spiro atoms. The third-order valence-corrected chi connectivity index (χ3v) is 4.98. The van der Waals surface area contributed by atoms with Crippen LogP contribution in [0, 0.1) is 0 Å². The summed E-state index contributed by atoms with van der Waals surface area (Å²) in [5, 5.41) is 4.43. The van der Waals surface area contributed by atoms with Crippen molar-refractivity contribution in [1.82, 2.24) is 20.3 Å². The van der Waals surface area contributed by atoms with Crippen LogP contribution in [0.5, 0.6) is 0 Å². The van der Waals surface area contributed by atoms with Gasteiger partial charge in [0.05, 0.1) is 5.71 Å². The predicted molar refractivity (Wildman–Crippen MR) is 111 cm³/mol. The molecule has 5 heteroatoms. The average molecular weight is 357 g/mol. The second kappa shape index (κ2) is 7.58. The molecule has 0 unspecified atom stereocenters. The van der Waals surface area contributed by atoms with Crippen LogP contribution < -0.4 is 5.32 Å². The molecule has 0 amide bonds. The van der Waals surface area contributed by atoms with E-state index in [0.29, 0.717) is 11.9 Å². The van der Waals surface area contributed by atoms with Crippen LogP contribution in [0.3, 0.4) is 0 Å². The molecule has 1 fully saturated rings. The Labute approximate surface area is 159 Å². The first-order valence-electron chi connectivity index (χ1n) is 9.29. The minimum atomic E-state index is 0.481. The number of fused-ring (bicyclic) bond motifs is 1. The standard InChI is InChI=1S/C22H23N5/c1-3-21(27-15(2)26-18-8-4-5-9-18)20-14-25-22-19(20)11-17(13-24-22)16-7-6-10-23-12-16/h3,6-7,10-14,18,26H,1-2,4-5,8-9H2,(H,24,25)/b27-21+. The first-order chi connectivity index (χ1) is 13.2. The summed E-state index contributed by atoms with van der Waals surface area (Å²) >= 11 is 0. The van der Waals surface area contributed by atoms with Gasteiger partial charge in [0.2, 0.25) is 0 Å². The lowest BCUT2D eigenvalue weighted by atomic mass is 10.1. The lowest BCUT2D eigenvalue weighted by Crippen LogP contribution is -2.24. The van der Waals surface area contributed by atoms with E-state index in [2.05, 4.69) is 44.5 Å². The number of aromatic nitrogens is 3. The van der Waals surface area contributed by atoms with Crippen molar-refractivity contribution in [3.8, 4) is 11.1 Å². The predicted octanol–water partition coefficient (Wildman–Crippen LogP) is 4.60. The van der Waals surface area contributed by atoms with Crippen LogP contribution in [-0.4, -0.2) is 26.7 Å². The highest BCUT2D eigenvalue weighted by atomic mass is 15.1. The van der Waals surface area contributed by atoms with Crippen LogP contribution in [0.2, 0.25) is 0 Å². The molecular weight excluding hydrogens is 334 g/mol. The molecule has 1 saturated carbocycles. The molecule has 27 heavy (non-hydrogen) atoms. The molecule has 0 atom stereocenters. The molecule has 0 aliphatic heterocycles. The van der Waals surface area contributed by atoms with Gasteiger partial charge in [-0.3, -0.25) is 4.98 Å². The van der Waals surface area contributed by atoms with Gasteiger partial charge in [0.25, 0.3) is 0 Å². The highest BCUT2D eigenvalue weighted by Gasteiger charge is 2.15. The Balaban J connectivity index is 1.67. The normalized spacial score (nSPS) is 15.2. The molecule has 1 aliphatic carbocycles. The molecule has 0 bridgehead atoms. The first-order valence-corrected chi connectivity index (χ1v) is 9.29. The third-order valence-electron chi connectivity index (χ3n) is 4.98. The quantitative estimate of drug-likeness (QED) is 0.634. The van der Waals surface area contributed by atoms with Gasteiger partial charge >= 0.3 is 0 Å². The van der Waals surface area contributed by atoms with Crippen LogP contribution >= 0.6 is 0 Å². The van der Waals surface area contributed by atoms with Crippen molar-refractivity contribution in [3.63, 3.8) is 0 Å². The van der Waals surface area contributed by atoms with E-state index in [1.807, 2.05) is 30.7 Å². The summed E-state index contributed by atoms with van der Waals surface area (Å²) in [5.41, 5.74) is 4.61. The molecule has 3 aromatic heterocycles. The number of hydrogen-bond acceptors (Lipinski definition) is 4. The van der Waals surface area contributed by atoms with Crippen LogP contribution in [0.1, 0.15) is 31.2 Å². The van der Waals surface area contributed by atoms with Gasteiger partial charge in [-0.15, -0.1) is 0 Å². The summed E-state index contributed by atoms with van der Waals surface area (Å²) in [6.45, 7) is 8.03. The molecule has 3 aromatic rings. The van der Waals surface area contributed by atoms with E-state index in [4.69, 9.17) is 0 Å². The van der Waals surface area contributed by atoms with Crippen LogP contribution in [0.25, 0.3) is 22.2 Å². The second-order valence-electron chi connectivity index (χ2n) is 6.84. The summed E-state index contributed by atoms with van der Waals surface area (Å²) in [6.07, 6.45) is 14.1. The zero-order valence-electron chi connectivity index (χ0n) is 15.3. The van der Waals surface area contributed by atoms with Crippen LogP contribution in [0.15, 0.2) is 73.0 Å². The van der Waals surface area contributed by atoms with Crippen molar-refractivity contribution in [2.45, 2.75) is 31.7 Å². The van der Waals surface area contributed by atoms with Gasteiger partial charge < -0.3 is 10.3 Å². The van der Waals surface area contributed by atoms with Crippen molar-refractivity contribution in [2.75, 3.05) is 0 Å². The maximum absolute atomic E-state index is 4.69. The summed E-state index contributed by atoms with van der Waals surface area (Å²) in [4.78, 5) is 16.7. The van der Waals surface area contributed by atoms with E-state index in [1.165, 1.54) is 25.7 Å². The van der Waals surface area contributed by atoms with Gasteiger partial charge in [-0.05, 0) is 31.1 Å². The van der Waals surface area contributed by atoms with E-state index in [9.17, 15) is 0 Å². The Morgan fingerprint density at radius 1 is 1.26 bits per heavy atom. The number of hydrogen-bond donors (Lipinski definition) is 2. The molecule has 4 rings (SSSR count). The van der Waals surface area contributed by atoms with Gasteiger partial charge in [-0.25, -0.2) is 9.98 Å². The fraction of sp³-hybridized carbons (Fsp3) is 0.227. The number of H-pyrrole nitrogens is 1. The number of pyridine rings is 2. The van der Waals surface area contributed by atoms with E-state index in [0.717, 1.165) is 33.4 Å². The average Bonchev–Trinajstić information content (AvgIpc) is 3.36. The second-order valence-corrected chi connectivity index (χ2v) is 6.84. The molecule has 0 saturated heterocycles. The maximum atomic E-state index is 4.69. The number of rotatable bonds is 6. The topological polar surface area (TPSA) is 66.0 Å². The molecular formula is C22H23N5. The minimum Gasteiger partial charge on any atom is -0.368 e. The van der Waals surface area contributed by atoms with E-state index in [-0.39, 0.29) is 0 Å².